The number of hydrazine groups is 1. The Hall–Kier alpha value is -2.38. The van der Waals surface area contributed by atoms with E-state index in [2.05, 4.69) is 21.5 Å². The van der Waals surface area contributed by atoms with Gasteiger partial charge in [-0.05, 0) is 66.8 Å². The van der Waals surface area contributed by atoms with Crippen molar-refractivity contribution < 1.29 is 4.74 Å². The van der Waals surface area contributed by atoms with Gasteiger partial charge in [-0.25, -0.2) is 0 Å². The second kappa shape index (κ2) is 9.05. The zero-order chi connectivity index (χ0) is 17.4. The molecule has 0 aliphatic rings. The van der Waals surface area contributed by atoms with Crippen LogP contribution in [-0.4, -0.2) is 17.3 Å². The maximum Gasteiger partial charge on any atom is 0.189 e. The molecule has 0 bridgehead atoms. The highest BCUT2D eigenvalue weighted by molar-refractivity contribution is 7.80. The number of methoxy groups -OCH3 is 1. The molecule has 0 aromatic heterocycles. The molecule has 126 valence electrons. The Labute approximate surface area is 152 Å². The molecular weight excluding hydrogens is 340 g/mol. The van der Waals surface area contributed by atoms with Crippen molar-refractivity contribution in [1.82, 2.24) is 16.2 Å². The summed E-state index contributed by atoms with van der Waals surface area (Å²) < 4.78 is 5.13. The molecule has 0 saturated carbocycles. The first-order chi connectivity index (χ1) is 11.6. The van der Waals surface area contributed by atoms with E-state index in [9.17, 15) is 0 Å². The van der Waals surface area contributed by atoms with Crippen LogP contribution in [0.1, 0.15) is 11.1 Å². The second-order valence-corrected chi connectivity index (χ2v) is 5.92. The molecule has 0 aliphatic carbocycles. The van der Waals surface area contributed by atoms with E-state index in [4.69, 9.17) is 29.2 Å². The summed E-state index contributed by atoms with van der Waals surface area (Å²) in [6, 6.07) is 15.7. The number of rotatable bonds is 4. The Balaban J connectivity index is 1.71. The first-order valence-electron chi connectivity index (χ1n) is 7.37. The number of benzene rings is 2. The molecular formula is C17H20N4OS2. The molecule has 2 rings (SSSR count). The molecule has 0 saturated heterocycles. The summed E-state index contributed by atoms with van der Waals surface area (Å²) in [5.41, 5.74) is 8.88. The van der Waals surface area contributed by atoms with Crippen molar-refractivity contribution >= 4 is 40.3 Å². The number of hydrogen-bond donors (Lipinski definition) is 4. The van der Waals surface area contributed by atoms with Crippen LogP contribution in [0.2, 0.25) is 0 Å². The number of thiocarbonyl (C=S) groups is 2. The van der Waals surface area contributed by atoms with Crippen molar-refractivity contribution in [2.24, 2.45) is 0 Å². The number of aryl methyl sites for hydroxylation is 1. The molecule has 4 N–H and O–H groups in total. The molecule has 0 atom stereocenters. The van der Waals surface area contributed by atoms with Crippen LogP contribution in [0.5, 0.6) is 5.75 Å². The molecule has 0 radical (unpaired) electrons. The molecule has 5 nitrogen and oxygen atoms in total. The van der Waals surface area contributed by atoms with Gasteiger partial charge in [-0.15, -0.1) is 0 Å². The lowest BCUT2D eigenvalue weighted by Crippen LogP contribution is -2.47. The number of nitrogens with one attached hydrogen (secondary N) is 4. The van der Waals surface area contributed by atoms with E-state index in [1.54, 1.807) is 7.11 Å². The summed E-state index contributed by atoms with van der Waals surface area (Å²) in [4.78, 5) is 0. The van der Waals surface area contributed by atoms with E-state index in [0.717, 1.165) is 22.6 Å². The third-order valence-electron chi connectivity index (χ3n) is 3.18. The Kier molecular flexibility index (Phi) is 6.77. The second-order valence-electron chi connectivity index (χ2n) is 5.10. The number of ether oxygens (including phenoxy) is 1. The minimum absolute atomic E-state index is 0.439. The zero-order valence-electron chi connectivity index (χ0n) is 13.6. The van der Waals surface area contributed by atoms with Gasteiger partial charge in [0.15, 0.2) is 10.2 Å². The van der Waals surface area contributed by atoms with Gasteiger partial charge in [-0.1, -0.05) is 24.3 Å². The highest BCUT2D eigenvalue weighted by Crippen LogP contribution is 2.11. The Bertz CT molecular complexity index is 704. The van der Waals surface area contributed by atoms with Crippen LogP contribution in [0.15, 0.2) is 48.5 Å². The van der Waals surface area contributed by atoms with Gasteiger partial charge >= 0.3 is 0 Å². The lowest BCUT2D eigenvalue weighted by atomic mass is 10.2. The fourth-order valence-corrected chi connectivity index (χ4v) is 2.26. The van der Waals surface area contributed by atoms with Crippen molar-refractivity contribution in [2.45, 2.75) is 13.5 Å². The van der Waals surface area contributed by atoms with Gasteiger partial charge in [0, 0.05) is 12.2 Å². The van der Waals surface area contributed by atoms with Gasteiger partial charge < -0.3 is 15.4 Å². The van der Waals surface area contributed by atoms with E-state index in [1.165, 1.54) is 0 Å². The molecule has 7 heteroatoms. The molecule has 0 spiro atoms. The van der Waals surface area contributed by atoms with Crippen molar-refractivity contribution in [1.29, 1.82) is 0 Å². The van der Waals surface area contributed by atoms with E-state index in [0.29, 0.717) is 16.8 Å². The minimum Gasteiger partial charge on any atom is -0.497 e. The fourth-order valence-electron chi connectivity index (χ4n) is 1.97. The molecule has 0 aliphatic heterocycles. The van der Waals surface area contributed by atoms with Crippen LogP contribution in [-0.2, 0) is 6.54 Å². The maximum absolute atomic E-state index is 5.22. The average molecular weight is 361 g/mol. The molecule has 2 aromatic carbocycles. The lowest BCUT2D eigenvalue weighted by molar-refractivity contribution is 0.414. The summed E-state index contributed by atoms with van der Waals surface area (Å²) in [6.45, 7) is 2.63. The summed E-state index contributed by atoms with van der Waals surface area (Å²) in [7, 11) is 1.64. The fraction of sp³-hybridized carbons (Fsp3) is 0.176. The molecule has 2 aromatic rings. The van der Waals surface area contributed by atoms with Crippen LogP contribution in [0.3, 0.4) is 0 Å². The Morgan fingerprint density at radius 2 is 1.71 bits per heavy atom. The van der Waals surface area contributed by atoms with Crippen LogP contribution in [0.25, 0.3) is 0 Å². The van der Waals surface area contributed by atoms with E-state index in [1.807, 2.05) is 55.5 Å². The topological polar surface area (TPSA) is 57.4 Å². The van der Waals surface area contributed by atoms with Crippen molar-refractivity contribution in [3.8, 4) is 5.75 Å². The quantitative estimate of drug-likeness (QED) is 0.494. The van der Waals surface area contributed by atoms with Gasteiger partial charge in [-0.2, -0.15) is 0 Å². The molecule has 24 heavy (non-hydrogen) atoms. The van der Waals surface area contributed by atoms with Gasteiger partial charge in [0.05, 0.1) is 7.11 Å². The van der Waals surface area contributed by atoms with Crippen LogP contribution < -0.4 is 26.2 Å². The average Bonchev–Trinajstić information content (AvgIpc) is 2.58. The first kappa shape index (κ1) is 18.0. The van der Waals surface area contributed by atoms with Crippen LogP contribution in [0, 0.1) is 6.92 Å². The monoisotopic (exact) mass is 360 g/mol. The SMILES string of the molecule is COc1ccc(CNC(=S)NNC(=S)Nc2cccc(C)c2)cc1. The van der Waals surface area contributed by atoms with Crippen molar-refractivity contribution in [3.63, 3.8) is 0 Å². The summed E-state index contributed by atoms with van der Waals surface area (Å²) in [5, 5.41) is 7.07. The maximum atomic E-state index is 5.22. The smallest absolute Gasteiger partial charge is 0.189 e. The highest BCUT2D eigenvalue weighted by Gasteiger charge is 2.00. The van der Waals surface area contributed by atoms with Crippen LogP contribution >= 0.6 is 24.4 Å². The van der Waals surface area contributed by atoms with Crippen molar-refractivity contribution in [2.75, 3.05) is 12.4 Å². The zero-order valence-corrected chi connectivity index (χ0v) is 15.2. The number of anilines is 1. The molecule has 0 unspecified atom stereocenters. The highest BCUT2D eigenvalue weighted by atomic mass is 32.1. The van der Waals surface area contributed by atoms with Gasteiger partial charge in [-0.3, -0.25) is 10.9 Å². The standard InChI is InChI=1S/C17H20N4OS2/c1-12-4-3-5-14(10-12)19-17(24)21-20-16(23)18-11-13-6-8-15(22-2)9-7-13/h3-10H,11H2,1-2H3,(H2,18,20,23)(H2,19,21,24). The van der Waals surface area contributed by atoms with Crippen LogP contribution in [0.4, 0.5) is 5.69 Å². The minimum atomic E-state index is 0.439. The Morgan fingerprint density at radius 1 is 1.00 bits per heavy atom. The van der Waals surface area contributed by atoms with E-state index in [-0.39, 0.29) is 0 Å². The molecule has 0 fully saturated rings. The summed E-state index contributed by atoms with van der Waals surface area (Å²) in [6.07, 6.45) is 0. The largest absolute Gasteiger partial charge is 0.497 e. The van der Waals surface area contributed by atoms with Crippen molar-refractivity contribution in [3.05, 3.63) is 59.7 Å². The van der Waals surface area contributed by atoms with E-state index >= 15 is 0 Å². The summed E-state index contributed by atoms with van der Waals surface area (Å²) >= 11 is 10.4. The predicted octanol–water partition coefficient (Wildman–Crippen LogP) is 2.87. The first-order valence-corrected chi connectivity index (χ1v) is 8.19. The lowest BCUT2D eigenvalue weighted by Gasteiger charge is -2.14. The number of hydrogen-bond acceptors (Lipinski definition) is 3. The van der Waals surface area contributed by atoms with Gasteiger partial charge in [0.1, 0.15) is 5.75 Å². The summed E-state index contributed by atoms with van der Waals surface area (Å²) in [5.74, 6) is 0.827. The predicted molar refractivity (Wildman–Crippen MR) is 106 cm³/mol. The van der Waals surface area contributed by atoms with E-state index < -0.39 is 0 Å². The molecule has 0 heterocycles. The normalized spacial score (nSPS) is 9.75. The molecule has 0 amide bonds. The van der Waals surface area contributed by atoms with Gasteiger partial charge in [0.25, 0.3) is 0 Å². The van der Waals surface area contributed by atoms with Gasteiger partial charge in [0.2, 0.25) is 0 Å². The third kappa shape index (κ3) is 6.02. The Morgan fingerprint density at radius 3 is 2.38 bits per heavy atom. The third-order valence-corrected chi connectivity index (χ3v) is 3.63.